The van der Waals surface area contributed by atoms with Crippen LogP contribution in [0.4, 0.5) is 5.69 Å². The fourth-order valence-electron chi connectivity index (χ4n) is 1.48. The van der Waals surface area contributed by atoms with Gasteiger partial charge in [-0.25, -0.2) is 0 Å². The van der Waals surface area contributed by atoms with Crippen molar-refractivity contribution in [2.45, 2.75) is 13.3 Å². The van der Waals surface area contributed by atoms with Crippen molar-refractivity contribution in [3.8, 4) is 0 Å². The molecule has 88 valence electrons. The van der Waals surface area contributed by atoms with E-state index >= 15 is 0 Å². The largest absolute Gasteiger partial charge is 0.326 e. The highest BCUT2D eigenvalue weighted by atomic mass is 35.5. The lowest BCUT2D eigenvalue weighted by Gasteiger charge is -2.14. The first-order valence-electron chi connectivity index (χ1n) is 5.38. The first-order chi connectivity index (χ1) is 7.67. The number of anilines is 1. The van der Waals surface area contributed by atoms with Gasteiger partial charge < -0.3 is 10.6 Å². The van der Waals surface area contributed by atoms with Gasteiger partial charge in [-0.2, -0.15) is 0 Å². The SMILES string of the molecule is CCC(CNC)C(=O)Nc1cccc(Cl)c1. The van der Waals surface area contributed by atoms with Gasteiger partial charge in [0.05, 0.1) is 5.92 Å². The molecule has 16 heavy (non-hydrogen) atoms. The third kappa shape index (κ3) is 3.83. The molecular weight excluding hydrogens is 224 g/mol. The molecule has 1 atom stereocenters. The standard InChI is InChI=1S/C12H17ClN2O/c1-3-9(8-14-2)12(16)15-11-6-4-5-10(13)7-11/h4-7,9,14H,3,8H2,1-2H3,(H,15,16). The summed E-state index contributed by atoms with van der Waals surface area (Å²) < 4.78 is 0. The molecule has 0 saturated heterocycles. The van der Waals surface area contributed by atoms with Gasteiger partial charge in [-0.15, -0.1) is 0 Å². The lowest BCUT2D eigenvalue weighted by Crippen LogP contribution is -2.30. The lowest BCUT2D eigenvalue weighted by atomic mass is 10.1. The molecule has 1 amide bonds. The molecule has 0 aliphatic heterocycles. The molecular formula is C12H17ClN2O. The van der Waals surface area contributed by atoms with Gasteiger partial charge in [0, 0.05) is 17.3 Å². The fourth-order valence-corrected chi connectivity index (χ4v) is 1.67. The average molecular weight is 241 g/mol. The molecule has 0 bridgehead atoms. The van der Waals surface area contributed by atoms with Crippen molar-refractivity contribution in [3.05, 3.63) is 29.3 Å². The number of halogens is 1. The molecule has 0 radical (unpaired) electrons. The Hall–Kier alpha value is -1.06. The monoisotopic (exact) mass is 240 g/mol. The summed E-state index contributed by atoms with van der Waals surface area (Å²) in [5.41, 5.74) is 0.743. The Morgan fingerprint density at radius 3 is 2.81 bits per heavy atom. The van der Waals surface area contributed by atoms with Gasteiger partial charge in [0.15, 0.2) is 0 Å². The van der Waals surface area contributed by atoms with E-state index < -0.39 is 0 Å². The number of carbonyl (C=O) groups excluding carboxylic acids is 1. The van der Waals surface area contributed by atoms with Gasteiger partial charge in [-0.3, -0.25) is 4.79 Å². The normalized spacial score (nSPS) is 12.2. The van der Waals surface area contributed by atoms with Crippen LogP contribution in [0, 0.1) is 5.92 Å². The van der Waals surface area contributed by atoms with E-state index in [0.717, 1.165) is 12.1 Å². The van der Waals surface area contributed by atoms with E-state index in [9.17, 15) is 4.79 Å². The Kier molecular flexibility index (Phi) is 5.29. The summed E-state index contributed by atoms with van der Waals surface area (Å²) in [6.45, 7) is 2.68. The zero-order chi connectivity index (χ0) is 12.0. The topological polar surface area (TPSA) is 41.1 Å². The molecule has 1 aromatic rings. The molecule has 4 heteroatoms. The van der Waals surface area contributed by atoms with Crippen LogP contribution in [-0.4, -0.2) is 19.5 Å². The van der Waals surface area contributed by atoms with E-state index in [1.165, 1.54) is 0 Å². The zero-order valence-electron chi connectivity index (χ0n) is 9.59. The number of amides is 1. The van der Waals surface area contributed by atoms with Gasteiger partial charge in [0.2, 0.25) is 5.91 Å². The minimum absolute atomic E-state index is 0.0102. The second-order valence-corrected chi connectivity index (χ2v) is 4.10. The Bertz CT molecular complexity index is 355. The molecule has 1 aromatic carbocycles. The van der Waals surface area contributed by atoms with Crippen LogP contribution < -0.4 is 10.6 Å². The fraction of sp³-hybridized carbons (Fsp3) is 0.417. The molecule has 0 saturated carbocycles. The summed E-state index contributed by atoms with van der Waals surface area (Å²) in [5, 5.41) is 6.49. The highest BCUT2D eigenvalue weighted by molar-refractivity contribution is 6.30. The van der Waals surface area contributed by atoms with Crippen LogP contribution in [0.25, 0.3) is 0 Å². The Labute approximate surface area is 101 Å². The van der Waals surface area contributed by atoms with E-state index in [-0.39, 0.29) is 11.8 Å². The van der Waals surface area contributed by atoms with E-state index in [1.807, 2.05) is 26.1 Å². The molecule has 0 heterocycles. The number of nitrogens with one attached hydrogen (secondary N) is 2. The Morgan fingerprint density at radius 1 is 1.50 bits per heavy atom. The quantitative estimate of drug-likeness (QED) is 0.831. The molecule has 0 aliphatic carbocycles. The van der Waals surface area contributed by atoms with Crippen LogP contribution in [0.2, 0.25) is 5.02 Å². The molecule has 0 fully saturated rings. The first-order valence-corrected chi connectivity index (χ1v) is 5.76. The van der Waals surface area contributed by atoms with Gasteiger partial charge in [0.25, 0.3) is 0 Å². The minimum Gasteiger partial charge on any atom is -0.326 e. The molecule has 0 aliphatic rings. The maximum absolute atomic E-state index is 11.9. The molecule has 0 aromatic heterocycles. The summed E-state index contributed by atoms with van der Waals surface area (Å²) in [6.07, 6.45) is 0.813. The third-order valence-electron chi connectivity index (χ3n) is 2.41. The van der Waals surface area contributed by atoms with Crippen molar-refractivity contribution in [2.75, 3.05) is 18.9 Å². The molecule has 1 unspecified atom stereocenters. The number of hydrogen-bond donors (Lipinski definition) is 2. The van der Waals surface area contributed by atoms with Crippen molar-refractivity contribution in [3.63, 3.8) is 0 Å². The summed E-state index contributed by atoms with van der Waals surface area (Å²) >= 11 is 5.84. The summed E-state index contributed by atoms with van der Waals surface area (Å²) in [4.78, 5) is 11.9. The van der Waals surface area contributed by atoms with E-state index in [2.05, 4.69) is 10.6 Å². The van der Waals surface area contributed by atoms with Crippen LogP contribution in [0.5, 0.6) is 0 Å². The zero-order valence-corrected chi connectivity index (χ0v) is 10.3. The van der Waals surface area contributed by atoms with Gasteiger partial charge in [-0.1, -0.05) is 24.6 Å². The van der Waals surface area contributed by atoms with Crippen molar-refractivity contribution in [1.82, 2.24) is 5.32 Å². The smallest absolute Gasteiger partial charge is 0.228 e. The van der Waals surface area contributed by atoms with E-state index in [4.69, 9.17) is 11.6 Å². The maximum Gasteiger partial charge on any atom is 0.228 e. The van der Waals surface area contributed by atoms with Crippen LogP contribution in [0.1, 0.15) is 13.3 Å². The number of carbonyl (C=O) groups is 1. The predicted octanol–water partition coefficient (Wildman–Crippen LogP) is 2.52. The van der Waals surface area contributed by atoms with Gasteiger partial charge in [-0.05, 0) is 31.7 Å². The van der Waals surface area contributed by atoms with Crippen molar-refractivity contribution in [1.29, 1.82) is 0 Å². The Balaban J connectivity index is 2.62. The highest BCUT2D eigenvalue weighted by Gasteiger charge is 2.15. The molecule has 2 N–H and O–H groups in total. The maximum atomic E-state index is 11.9. The third-order valence-corrected chi connectivity index (χ3v) is 2.64. The minimum atomic E-state index is -0.0102. The molecule has 0 spiro atoms. The summed E-state index contributed by atoms with van der Waals surface area (Å²) in [7, 11) is 1.84. The lowest BCUT2D eigenvalue weighted by molar-refractivity contribution is -0.119. The van der Waals surface area contributed by atoms with Crippen molar-refractivity contribution >= 4 is 23.2 Å². The van der Waals surface area contributed by atoms with Crippen LogP contribution in [-0.2, 0) is 4.79 Å². The van der Waals surface area contributed by atoms with Crippen LogP contribution >= 0.6 is 11.6 Å². The number of benzene rings is 1. The Morgan fingerprint density at radius 2 is 2.25 bits per heavy atom. The molecule has 1 rings (SSSR count). The first kappa shape index (κ1) is 13.0. The second kappa shape index (κ2) is 6.51. The van der Waals surface area contributed by atoms with Gasteiger partial charge in [0.1, 0.15) is 0 Å². The predicted molar refractivity (Wildman–Crippen MR) is 67.8 cm³/mol. The van der Waals surface area contributed by atoms with E-state index in [0.29, 0.717) is 11.6 Å². The second-order valence-electron chi connectivity index (χ2n) is 3.66. The average Bonchev–Trinajstić information content (AvgIpc) is 2.25. The number of hydrogen-bond acceptors (Lipinski definition) is 2. The number of rotatable bonds is 5. The summed E-state index contributed by atoms with van der Waals surface area (Å²) in [6, 6.07) is 7.17. The molecule has 3 nitrogen and oxygen atoms in total. The van der Waals surface area contributed by atoms with Crippen molar-refractivity contribution < 1.29 is 4.79 Å². The van der Waals surface area contributed by atoms with E-state index in [1.54, 1.807) is 12.1 Å². The van der Waals surface area contributed by atoms with Gasteiger partial charge >= 0.3 is 0 Å². The highest BCUT2D eigenvalue weighted by Crippen LogP contribution is 2.16. The van der Waals surface area contributed by atoms with Crippen LogP contribution in [0.15, 0.2) is 24.3 Å². The van der Waals surface area contributed by atoms with Crippen LogP contribution in [0.3, 0.4) is 0 Å². The van der Waals surface area contributed by atoms with Crippen molar-refractivity contribution in [2.24, 2.45) is 5.92 Å². The summed E-state index contributed by atoms with van der Waals surface area (Å²) in [5.74, 6) is 0.0168.